The van der Waals surface area contributed by atoms with Crippen LogP contribution in [-0.2, 0) is 20.2 Å². The largest absolute Gasteiger partial charge is 0.381 e. The topological polar surface area (TPSA) is 86.7 Å². The fourth-order valence-corrected chi connectivity index (χ4v) is 4.84. The lowest BCUT2D eigenvalue weighted by Crippen LogP contribution is -2.06. The number of para-hydroxylation sites is 2. The first-order valence-corrected chi connectivity index (χ1v) is 12.2. The second-order valence-corrected chi connectivity index (χ2v) is 10.00. The fraction of sp³-hybridized carbons (Fsp3) is 0.143. The summed E-state index contributed by atoms with van der Waals surface area (Å²) in [4.78, 5) is 1.17. The van der Waals surface area contributed by atoms with Crippen LogP contribution in [0, 0.1) is 0 Å². The van der Waals surface area contributed by atoms with Crippen LogP contribution in [0.4, 0.5) is 0 Å². The standard InChI is InChI=1S/C14H14O6S4/c1-23(15,16)19-11-7-3-5-9-13(11)21-22-14-10-6-4-8-12(14)20-24(2,17)18/h3-10H,1-2H3. The average Bonchev–Trinajstić information content (AvgIpc) is 2.44. The number of benzene rings is 2. The van der Waals surface area contributed by atoms with Crippen molar-refractivity contribution in [1.82, 2.24) is 0 Å². The third kappa shape index (κ3) is 6.27. The van der Waals surface area contributed by atoms with Gasteiger partial charge in [0.25, 0.3) is 0 Å². The molecule has 0 unspecified atom stereocenters. The van der Waals surface area contributed by atoms with E-state index in [-0.39, 0.29) is 11.5 Å². The fourth-order valence-electron chi connectivity index (χ4n) is 1.59. The Labute approximate surface area is 149 Å². The highest BCUT2D eigenvalue weighted by atomic mass is 33.1. The van der Waals surface area contributed by atoms with E-state index in [4.69, 9.17) is 8.37 Å². The van der Waals surface area contributed by atoms with Crippen molar-refractivity contribution in [1.29, 1.82) is 0 Å². The van der Waals surface area contributed by atoms with E-state index in [0.717, 1.165) is 12.5 Å². The van der Waals surface area contributed by atoms with Gasteiger partial charge in [0, 0.05) is 0 Å². The van der Waals surface area contributed by atoms with Gasteiger partial charge >= 0.3 is 20.2 Å². The minimum Gasteiger partial charge on any atom is -0.381 e. The maximum Gasteiger partial charge on any atom is 0.306 e. The van der Waals surface area contributed by atoms with Gasteiger partial charge in [-0.2, -0.15) is 16.8 Å². The zero-order chi connectivity index (χ0) is 17.8. The molecule has 0 amide bonds. The highest BCUT2D eigenvalue weighted by molar-refractivity contribution is 8.76. The van der Waals surface area contributed by atoms with E-state index < -0.39 is 20.2 Å². The van der Waals surface area contributed by atoms with Gasteiger partial charge in [-0.05, 0) is 45.9 Å². The molecule has 0 saturated carbocycles. The Morgan fingerprint density at radius 1 is 0.667 bits per heavy atom. The quantitative estimate of drug-likeness (QED) is 0.512. The molecule has 2 rings (SSSR count). The second kappa shape index (κ2) is 7.68. The molecule has 10 heteroatoms. The lowest BCUT2D eigenvalue weighted by molar-refractivity contribution is 0.485. The van der Waals surface area contributed by atoms with Gasteiger partial charge in [-0.25, -0.2) is 0 Å². The zero-order valence-electron chi connectivity index (χ0n) is 12.7. The predicted molar refractivity (Wildman–Crippen MR) is 95.5 cm³/mol. The molecule has 0 aliphatic heterocycles. The summed E-state index contributed by atoms with van der Waals surface area (Å²) in [6.45, 7) is 0. The van der Waals surface area contributed by atoms with E-state index in [2.05, 4.69) is 0 Å². The van der Waals surface area contributed by atoms with E-state index in [1.165, 1.54) is 21.6 Å². The number of hydrogen-bond donors (Lipinski definition) is 0. The zero-order valence-corrected chi connectivity index (χ0v) is 16.0. The molecule has 2 aromatic carbocycles. The third-order valence-corrected chi connectivity index (χ3v) is 5.81. The Kier molecular flexibility index (Phi) is 6.07. The molecule has 0 saturated heterocycles. The summed E-state index contributed by atoms with van der Waals surface area (Å²) in [5.74, 6) is 0.415. The summed E-state index contributed by atoms with van der Waals surface area (Å²) in [7, 11) is -4.82. The van der Waals surface area contributed by atoms with Crippen LogP contribution in [0.3, 0.4) is 0 Å². The van der Waals surface area contributed by atoms with Crippen LogP contribution < -0.4 is 8.37 Å². The van der Waals surface area contributed by atoms with Crippen LogP contribution >= 0.6 is 21.6 Å². The molecule has 0 atom stereocenters. The van der Waals surface area contributed by atoms with E-state index in [1.807, 2.05) is 0 Å². The first-order chi connectivity index (χ1) is 11.1. The predicted octanol–water partition coefficient (Wildman–Crippen LogP) is 3.16. The third-order valence-electron chi connectivity index (χ3n) is 2.40. The van der Waals surface area contributed by atoms with Gasteiger partial charge in [0.15, 0.2) is 11.5 Å². The van der Waals surface area contributed by atoms with Gasteiger partial charge in [-0.1, -0.05) is 24.3 Å². The molecule has 0 bridgehead atoms. The lowest BCUT2D eigenvalue weighted by Gasteiger charge is -2.10. The van der Waals surface area contributed by atoms with Crippen molar-refractivity contribution in [2.45, 2.75) is 9.79 Å². The molecule has 0 N–H and O–H groups in total. The SMILES string of the molecule is CS(=O)(=O)Oc1ccccc1SSc1ccccc1OS(C)(=O)=O. The van der Waals surface area contributed by atoms with Crippen LogP contribution in [-0.4, -0.2) is 29.3 Å². The average molecular weight is 407 g/mol. The molecule has 130 valence electrons. The molecule has 2 aromatic rings. The van der Waals surface area contributed by atoms with Crippen molar-refractivity contribution >= 4 is 41.8 Å². The molecule has 6 nitrogen and oxygen atoms in total. The van der Waals surface area contributed by atoms with Gasteiger partial charge in [-0.15, -0.1) is 0 Å². The lowest BCUT2D eigenvalue weighted by atomic mass is 10.3. The van der Waals surface area contributed by atoms with Crippen molar-refractivity contribution < 1.29 is 25.2 Å². The summed E-state index contributed by atoms with van der Waals surface area (Å²) < 4.78 is 55.1. The molecule has 0 radical (unpaired) electrons. The van der Waals surface area contributed by atoms with Crippen LogP contribution in [0.5, 0.6) is 11.5 Å². The van der Waals surface area contributed by atoms with E-state index in [1.54, 1.807) is 48.5 Å². The first-order valence-electron chi connectivity index (χ1n) is 6.45. The Morgan fingerprint density at radius 2 is 1.00 bits per heavy atom. The Morgan fingerprint density at radius 3 is 1.33 bits per heavy atom. The molecule has 0 aromatic heterocycles. The molecule has 24 heavy (non-hydrogen) atoms. The molecule has 0 fully saturated rings. The Bertz CT molecular complexity index is 844. The maximum absolute atomic E-state index is 11.3. The van der Waals surface area contributed by atoms with Gasteiger partial charge in [0.2, 0.25) is 0 Å². The van der Waals surface area contributed by atoms with Crippen molar-refractivity contribution in [2.75, 3.05) is 12.5 Å². The molecule has 0 aliphatic carbocycles. The smallest absolute Gasteiger partial charge is 0.306 e. The highest BCUT2D eigenvalue weighted by Crippen LogP contribution is 2.45. The molecular weight excluding hydrogens is 392 g/mol. The monoisotopic (exact) mass is 406 g/mol. The first kappa shape index (κ1) is 19.0. The number of rotatable bonds is 7. The second-order valence-electron chi connectivity index (χ2n) is 4.64. The van der Waals surface area contributed by atoms with E-state index in [0.29, 0.717) is 9.79 Å². The summed E-state index contributed by atoms with van der Waals surface area (Å²) in [6.07, 6.45) is 1.94. The normalized spacial score (nSPS) is 11.9. The maximum atomic E-state index is 11.3. The summed E-state index contributed by atoms with van der Waals surface area (Å²) in [5, 5.41) is 0. The van der Waals surface area contributed by atoms with Gasteiger partial charge in [0.1, 0.15) is 0 Å². The highest BCUT2D eigenvalue weighted by Gasteiger charge is 2.14. The van der Waals surface area contributed by atoms with Gasteiger partial charge < -0.3 is 8.37 Å². The Balaban J connectivity index is 2.21. The van der Waals surface area contributed by atoms with Crippen molar-refractivity contribution in [3.05, 3.63) is 48.5 Å². The van der Waals surface area contributed by atoms with Crippen LogP contribution in [0.1, 0.15) is 0 Å². The van der Waals surface area contributed by atoms with Crippen molar-refractivity contribution in [3.8, 4) is 11.5 Å². The molecule has 0 aliphatic rings. The van der Waals surface area contributed by atoms with Gasteiger partial charge in [0.05, 0.1) is 22.3 Å². The van der Waals surface area contributed by atoms with Crippen molar-refractivity contribution in [3.63, 3.8) is 0 Å². The van der Waals surface area contributed by atoms with Crippen molar-refractivity contribution in [2.24, 2.45) is 0 Å². The van der Waals surface area contributed by atoms with Crippen LogP contribution in [0.2, 0.25) is 0 Å². The molecular formula is C14H14O6S4. The minimum absolute atomic E-state index is 0.207. The molecule has 0 heterocycles. The summed E-state index contributed by atoms with van der Waals surface area (Å²) in [6, 6.07) is 13.3. The summed E-state index contributed by atoms with van der Waals surface area (Å²) in [5.41, 5.74) is 0. The molecule has 0 spiro atoms. The van der Waals surface area contributed by atoms with Crippen LogP contribution in [0.15, 0.2) is 58.3 Å². The summed E-state index contributed by atoms with van der Waals surface area (Å²) >= 11 is 0. The van der Waals surface area contributed by atoms with Gasteiger partial charge in [-0.3, -0.25) is 0 Å². The minimum atomic E-state index is -3.64. The number of hydrogen-bond acceptors (Lipinski definition) is 8. The van der Waals surface area contributed by atoms with Crippen LogP contribution in [0.25, 0.3) is 0 Å². The van der Waals surface area contributed by atoms with E-state index in [9.17, 15) is 16.8 Å². The Hall–Kier alpha value is -1.36. The van der Waals surface area contributed by atoms with E-state index >= 15 is 0 Å².